The second kappa shape index (κ2) is 4.94. The Balaban J connectivity index is 2.95. The minimum absolute atomic E-state index is 0.453. The van der Waals surface area contributed by atoms with Crippen LogP contribution in [0.1, 0.15) is 25.1 Å². The van der Waals surface area contributed by atoms with E-state index in [-0.39, 0.29) is 0 Å². The summed E-state index contributed by atoms with van der Waals surface area (Å²) < 4.78 is 22.4. The number of nitrogens with zero attached hydrogens (tertiary/aromatic N) is 1. The van der Waals surface area contributed by atoms with Gasteiger partial charge in [0, 0.05) is 24.6 Å². The van der Waals surface area contributed by atoms with Crippen LogP contribution in [-0.4, -0.2) is 29.8 Å². The molecule has 1 atom stereocenters. The number of aromatic nitrogens is 1. The number of hydrogen-bond acceptors (Lipinski definition) is 3. The van der Waals surface area contributed by atoms with Crippen molar-refractivity contribution in [3.05, 3.63) is 29.6 Å². The molecule has 0 aromatic carbocycles. The molecule has 3 nitrogen and oxygen atoms in total. The van der Waals surface area contributed by atoms with Gasteiger partial charge in [-0.15, -0.1) is 11.6 Å². The summed E-state index contributed by atoms with van der Waals surface area (Å²) >= 11 is 6.24. The average molecular weight is 276 g/mol. The first-order chi connectivity index (χ1) is 7.66. The molecule has 0 N–H and O–H groups in total. The summed E-state index contributed by atoms with van der Waals surface area (Å²) in [7, 11) is -3.19. The van der Waals surface area contributed by atoms with Crippen molar-refractivity contribution in [3.63, 3.8) is 0 Å². The highest BCUT2D eigenvalue weighted by atomic mass is 35.5. The van der Waals surface area contributed by atoms with Crippen molar-refractivity contribution in [1.29, 1.82) is 0 Å². The van der Waals surface area contributed by atoms with Crippen LogP contribution in [0.15, 0.2) is 18.3 Å². The molecule has 5 heteroatoms. The van der Waals surface area contributed by atoms with Gasteiger partial charge in [-0.3, -0.25) is 4.98 Å². The van der Waals surface area contributed by atoms with Gasteiger partial charge in [0.05, 0.1) is 10.1 Å². The summed E-state index contributed by atoms with van der Waals surface area (Å²) in [4.78, 5) is 4.23. The standard InChI is InChI=1S/C12H18ClNO2S/c1-9-6-5-7-14-10(9)8-11(13)12(2,3)17(4,15)16/h5-7,11H,8H2,1-4H3. The van der Waals surface area contributed by atoms with Crippen LogP contribution in [0.4, 0.5) is 0 Å². The van der Waals surface area contributed by atoms with Crippen LogP contribution in [-0.2, 0) is 16.3 Å². The Bertz CT molecular complexity index is 497. The highest BCUT2D eigenvalue weighted by Crippen LogP contribution is 2.27. The molecule has 0 aliphatic heterocycles. The highest BCUT2D eigenvalue weighted by Gasteiger charge is 2.38. The lowest BCUT2D eigenvalue weighted by molar-refractivity contribution is 0.534. The van der Waals surface area contributed by atoms with E-state index in [4.69, 9.17) is 11.6 Å². The molecule has 1 rings (SSSR count). The Morgan fingerprint density at radius 3 is 2.53 bits per heavy atom. The van der Waals surface area contributed by atoms with E-state index in [9.17, 15) is 8.42 Å². The van der Waals surface area contributed by atoms with Crippen LogP contribution in [0.5, 0.6) is 0 Å². The van der Waals surface area contributed by atoms with Gasteiger partial charge in [0.25, 0.3) is 0 Å². The summed E-state index contributed by atoms with van der Waals surface area (Å²) in [5, 5.41) is -0.494. The molecule has 1 aromatic heterocycles. The molecule has 96 valence electrons. The average Bonchev–Trinajstić information content (AvgIpc) is 2.19. The number of hydrogen-bond donors (Lipinski definition) is 0. The SMILES string of the molecule is Cc1cccnc1CC(Cl)C(C)(C)S(C)(=O)=O. The van der Waals surface area contributed by atoms with Crippen molar-refractivity contribution in [3.8, 4) is 0 Å². The van der Waals surface area contributed by atoms with Crippen LogP contribution in [0.25, 0.3) is 0 Å². The molecule has 1 aromatic rings. The number of rotatable bonds is 4. The Kier molecular flexibility index (Phi) is 4.20. The number of sulfone groups is 1. The molecule has 0 saturated heterocycles. The smallest absolute Gasteiger partial charge is 0.154 e. The molecular weight excluding hydrogens is 258 g/mol. The molecule has 0 radical (unpaired) electrons. The second-order valence-electron chi connectivity index (χ2n) is 4.81. The van der Waals surface area contributed by atoms with Gasteiger partial charge in [-0.25, -0.2) is 8.42 Å². The molecule has 0 fully saturated rings. The van der Waals surface area contributed by atoms with E-state index in [0.717, 1.165) is 11.3 Å². The molecule has 17 heavy (non-hydrogen) atoms. The van der Waals surface area contributed by atoms with Crippen LogP contribution >= 0.6 is 11.6 Å². The Labute approximate surface area is 108 Å². The van der Waals surface area contributed by atoms with Crippen molar-refractivity contribution in [2.45, 2.75) is 37.3 Å². The van der Waals surface area contributed by atoms with E-state index >= 15 is 0 Å². The zero-order valence-corrected chi connectivity index (χ0v) is 12.1. The molecule has 0 bridgehead atoms. The Hall–Kier alpha value is -0.610. The normalized spacial score (nSPS) is 14.6. The minimum atomic E-state index is -3.19. The van der Waals surface area contributed by atoms with Gasteiger partial charge >= 0.3 is 0 Å². The van der Waals surface area contributed by atoms with Gasteiger partial charge in [0.15, 0.2) is 9.84 Å². The predicted octanol–water partition coefficient (Wildman–Crippen LogP) is 2.36. The fourth-order valence-corrected chi connectivity index (χ4v) is 2.56. The first kappa shape index (κ1) is 14.5. The summed E-state index contributed by atoms with van der Waals surface area (Å²) in [6, 6.07) is 3.79. The molecule has 0 saturated carbocycles. The Morgan fingerprint density at radius 2 is 2.06 bits per heavy atom. The van der Waals surface area contributed by atoms with Gasteiger partial charge in [-0.1, -0.05) is 6.07 Å². The van der Waals surface area contributed by atoms with E-state index in [1.807, 2.05) is 19.1 Å². The second-order valence-corrected chi connectivity index (χ2v) is 7.94. The lowest BCUT2D eigenvalue weighted by Gasteiger charge is -2.28. The van der Waals surface area contributed by atoms with Gasteiger partial charge in [0.2, 0.25) is 0 Å². The van der Waals surface area contributed by atoms with Crippen molar-refractivity contribution in [2.75, 3.05) is 6.26 Å². The van der Waals surface area contributed by atoms with Gasteiger partial charge in [0.1, 0.15) is 0 Å². The topological polar surface area (TPSA) is 47.0 Å². The third-order valence-corrected chi connectivity index (χ3v) is 6.23. The monoisotopic (exact) mass is 275 g/mol. The first-order valence-corrected chi connectivity index (χ1v) is 7.73. The van der Waals surface area contributed by atoms with Crippen LogP contribution < -0.4 is 0 Å². The fourth-order valence-electron chi connectivity index (χ4n) is 1.38. The van der Waals surface area contributed by atoms with E-state index in [1.165, 1.54) is 6.26 Å². The zero-order valence-electron chi connectivity index (χ0n) is 10.6. The lowest BCUT2D eigenvalue weighted by atomic mass is 10.0. The summed E-state index contributed by atoms with van der Waals surface area (Å²) in [5.41, 5.74) is 1.88. The molecule has 0 spiro atoms. The van der Waals surface area contributed by atoms with Crippen LogP contribution in [0.2, 0.25) is 0 Å². The van der Waals surface area contributed by atoms with Crippen molar-refractivity contribution in [1.82, 2.24) is 4.98 Å². The molecule has 1 unspecified atom stereocenters. The minimum Gasteiger partial charge on any atom is -0.261 e. The third kappa shape index (κ3) is 3.19. The van der Waals surface area contributed by atoms with E-state index in [2.05, 4.69) is 4.98 Å². The van der Waals surface area contributed by atoms with E-state index in [0.29, 0.717) is 6.42 Å². The molecule has 0 aliphatic carbocycles. The molecule has 1 heterocycles. The quantitative estimate of drug-likeness (QED) is 0.793. The van der Waals surface area contributed by atoms with E-state index in [1.54, 1.807) is 20.0 Å². The molecular formula is C12H18ClNO2S. The first-order valence-electron chi connectivity index (χ1n) is 5.40. The van der Waals surface area contributed by atoms with Gasteiger partial charge in [-0.05, 0) is 32.4 Å². The highest BCUT2D eigenvalue weighted by molar-refractivity contribution is 7.92. The predicted molar refractivity (Wildman–Crippen MR) is 71.2 cm³/mol. The molecule has 0 aliphatic rings. The molecule has 0 amide bonds. The maximum atomic E-state index is 11.7. The summed E-state index contributed by atoms with van der Waals surface area (Å²) in [6.45, 7) is 5.25. The maximum Gasteiger partial charge on any atom is 0.154 e. The fraction of sp³-hybridized carbons (Fsp3) is 0.583. The maximum absolute atomic E-state index is 11.7. The number of aryl methyl sites for hydroxylation is 1. The lowest BCUT2D eigenvalue weighted by Crippen LogP contribution is -2.41. The zero-order chi connectivity index (χ0) is 13.3. The number of alkyl halides is 1. The number of halogens is 1. The summed E-state index contributed by atoms with van der Waals surface area (Å²) in [5.74, 6) is 0. The van der Waals surface area contributed by atoms with Crippen LogP contribution in [0.3, 0.4) is 0 Å². The van der Waals surface area contributed by atoms with E-state index < -0.39 is 20.0 Å². The Morgan fingerprint density at radius 1 is 1.47 bits per heavy atom. The van der Waals surface area contributed by atoms with Crippen molar-refractivity contribution in [2.24, 2.45) is 0 Å². The number of pyridine rings is 1. The van der Waals surface area contributed by atoms with Crippen LogP contribution in [0, 0.1) is 6.92 Å². The third-order valence-electron chi connectivity index (χ3n) is 3.20. The van der Waals surface area contributed by atoms with Crippen molar-refractivity contribution >= 4 is 21.4 Å². The largest absolute Gasteiger partial charge is 0.261 e. The van der Waals surface area contributed by atoms with Crippen molar-refractivity contribution < 1.29 is 8.42 Å². The van der Waals surface area contributed by atoms with Gasteiger partial charge < -0.3 is 0 Å². The summed E-state index contributed by atoms with van der Waals surface area (Å²) in [6.07, 6.45) is 3.36. The van der Waals surface area contributed by atoms with Gasteiger partial charge in [-0.2, -0.15) is 0 Å².